The number of Topliss-reactive ketones (excluding diaryl/α,β-unsaturated/α-hetero) is 1. The number of hydrogen-bond acceptors (Lipinski definition) is 5. The Labute approximate surface area is 162 Å². The third kappa shape index (κ3) is 4.06. The normalized spacial score (nSPS) is 15.1. The molecular formula is C19H20Cl2N2O3. The summed E-state index contributed by atoms with van der Waals surface area (Å²) in [5.41, 5.74) is 1.45. The first-order chi connectivity index (χ1) is 12.5. The lowest BCUT2D eigenvalue weighted by molar-refractivity contribution is 0.0926. The second-order valence-electron chi connectivity index (χ2n) is 6.15. The van der Waals surface area contributed by atoms with E-state index < -0.39 is 0 Å². The van der Waals surface area contributed by atoms with Gasteiger partial charge in [0.2, 0.25) is 0 Å². The van der Waals surface area contributed by atoms with Crippen molar-refractivity contribution in [3.05, 3.63) is 52.0 Å². The topological polar surface area (TPSA) is 53.0 Å². The molecule has 0 atom stereocenters. The van der Waals surface area contributed by atoms with E-state index in [1.807, 2.05) is 12.1 Å². The number of ether oxygens (including phenoxy) is 1. The number of aromatic hydroxyl groups is 1. The summed E-state index contributed by atoms with van der Waals surface area (Å²) < 4.78 is 5.06. The van der Waals surface area contributed by atoms with Gasteiger partial charge in [0, 0.05) is 31.7 Å². The molecule has 1 heterocycles. The van der Waals surface area contributed by atoms with E-state index in [2.05, 4.69) is 9.80 Å². The van der Waals surface area contributed by atoms with Gasteiger partial charge in [-0.2, -0.15) is 0 Å². The minimum absolute atomic E-state index is 0.00228. The van der Waals surface area contributed by atoms with Crippen molar-refractivity contribution in [2.45, 2.75) is 0 Å². The van der Waals surface area contributed by atoms with Gasteiger partial charge in [0.15, 0.2) is 17.3 Å². The molecule has 0 aromatic heterocycles. The van der Waals surface area contributed by atoms with Crippen LogP contribution in [0.4, 0.5) is 5.69 Å². The van der Waals surface area contributed by atoms with E-state index in [1.165, 1.54) is 13.2 Å². The van der Waals surface area contributed by atoms with Gasteiger partial charge in [0.05, 0.1) is 29.4 Å². The van der Waals surface area contributed by atoms with E-state index in [1.54, 1.807) is 18.2 Å². The van der Waals surface area contributed by atoms with E-state index in [9.17, 15) is 9.90 Å². The molecule has 2 aromatic carbocycles. The number of methoxy groups -OCH3 is 1. The molecule has 0 spiro atoms. The van der Waals surface area contributed by atoms with Crippen LogP contribution in [-0.4, -0.2) is 55.6 Å². The number of carbonyl (C=O) groups excluding carboxylic acids is 1. The molecule has 5 nitrogen and oxygen atoms in total. The van der Waals surface area contributed by atoms with Crippen LogP contribution in [0.25, 0.3) is 0 Å². The van der Waals surface area contributed by atoms with Gasteiger partial charge in [-0.15, -0.1) is 0 Å². The van der Waals surface area contributed by atoms with Crippen molar-refractivity contribution in [3.63, 3.8) is 0 Å². The smallest absolute Gasteiger partial charge is 0.176 e. The molecule has 1 saturated heterocycles. The number of carbonyl (C=O) groups is 1. The summed E-state index contributed by atoms with van der Waals surface area (Å²) in [7, 11) is 1.46. The highest BCUT2D eigenvalue weighted by atomic mass is 35.5. The fraction of sp³-hybridized carbons (Fsp3) is 0.316. The number of ketones is 1. The van der Waals surface area contributed by atoms with Crippen molar-refractivity contribution < 1.29 is 14.6 Å². The van der Waals surface area contributed by atoms with E-state index in [4.69, 9.17) is 27.9 Å². The lowest BCUT2D eigenvalue weighted by Crippen LogP contribution is -2.48. The molecule has 138 valence electrons. The first-order valence-corrected chi connectivity index (χ1v) is 9.06. The number of hydrogen-bond donors (Lipinski definition) is 1. The third-order valence-corrected chi connectivity index (χ3v) is 5.32. The fourth-order valence-corrected chi connectivity index (χ4v) is 3.44. The predicted molar refractivity (Wildman–Crippen MR) is 104 cm³/mol. The van der Waals surface area contributed by atoms with Gasteiger partial charge in [-0.25, -0.2) is 0 Å². The van der Waals surface area contributed by atoms with Crippen LogP contribution in [0.15, 0.2) is 36.4 Å². The molecule has 0 amide bonds. The third-order valence-electron chi connectivity index (χ3n) is 4.51. The van der Waals surface area contributed by atoms with E-state index in [-0.39, 0.29) is 11.5 Å². The van der Waals surface area contributed by atoms with Crippen molar-refractivity contribution in [2.75, 3.05) is 44.7 Å². The zero-order valence-electron chi connectivity index (χ0n) is 14.4. The van der Waals surface area contributed by atoms with Crippen LogP contribution in [0.2, 0.25) is 10.0 Å². The van der Waals surface area contributed by atoms with Gasteiger partial charge in [-0.1, -0.05) is 29.3 Å². The van der Waals surface area contributed by atoms with E-state index in [0.717, 1.165) is 31.9 Å². The van der Waals surface area contributed by atoms with Crippen LogP contribution in [0.5, 0.6) is 11.5 Å². The van der Waals surface area contributed by atoms with E-state index in [0.29, 0.717) is 27.9 Å². The Bertz CT molecular complexity index is 805. The quantitative estimate of drug-likeness (QED) is 0.783. The summed E-state index contributed by atoms with van der Waals surface area (Å²) in [4.78, 5) is 16.8. The van der Waals surface area contributed by atoms with Crippen LogP contribution in [0, 0.1) is 0 Å². The standard InChI is InChI=1S/C19H20Cl2N2O3/c1-26-18-11-13(5-6-16(18)24)17(25)12-22-7-9-23(10-8-22)15-4-2-3-14(20)19(15)21/h2-6,11,24H,7-10,12H2,1H3. The zero-order chi connectivity index (χ0) is 18.7. The summed E-state index contributed by atoms with van der Waals surface area (Å²) in [5.74, 6) is 0.324. The zero-order valence-corrected chi connectivity index (χ0v) is 15.9. The number of nitrogens with zero attached hydrogens (tertiary/aromatic N) is 2. The Hall–Kier alpha value is -1.95. The van der Waals surface area contributed by atoms with Crippen LogP contribution < -0.4 is 9.64 Å². The van der Waals surface area contributed by atoms with Crippen LogP contribution in [0.1, 0.15) is 10.4 Å². The van der Waals surface area contributed by atoms with Crippen molar-refractivity contribution in [1.29, 1.82) is 0 Å². The molecule has 1 N–H and O–H groups in total. The predicted octanol–water partition coefficient (Wildman–Crippen LogP) is 3.71. The highest BCUT2D eigenvalue weighted by Crippen LogP contribution is 2.33. The Balaban J connectivity index is 1.60. The summed E-state index contributed by atoms with van der Waals surface area (Å²) in [6.45, 7) is 3.37. The van der Waals surface area contributed by atoms with Crippen molar-refractivity contribution in [3.8, 4) is 11.5 Å². The number of anilines is 1. The lowest BCUT2D eigenvalue weighted by atomic mass is 10.1. The number of phenols is 1. The molecule has 7 heteroatoms. The van der Waals surface area contributed by atoms with Gasteiger partial charge >= 0.3 is 0 Å². The fourth-order valence-electron chi connectivity index (χ4n) is 3.03. The first kappa shape index (κ1) is 18.8. The maximum atomic E-state index is 12.5. The number of halogens is 2. The average molecular weight is 395 g/mol. The second kappa shape index (κ2) is 8.16. The minimum atomic E-state index is -0.00228. The van der Waals surface area contributed by atoms with Crippen LogP contribution in [0.3, 0.4) is 0 Å². The number of rotatable bonds is 5. The molecule has 0 saturated carbocycles. The van der Waals surface area contributed by atoms with Crippen molar-refractivity contribution >= 4 is 34.7 Å². The highest BCUT2D eigenvalue weighted by Gasteiger charge is 2.22. The SMILES string of the molecule is COc1cc(C(=O)CN2CCN(c3cccc(Cl)c3Cl)CC2)ccc1O. The average Bonchev–Trinajstić information content (AvgIpc) is 2.65. The van der Waals surface area contributed by atoms with Crippen molar-refractivity contribution in [2.24, 2.45) is 0 Å². The molecule has 1 aliphatic rings. The molecule has 1 aliphatic heterocycles. The summed E-state index contributed by atoms with van der Waals surface area (Å²) in [6.07, 6.45) is 0. The Morgan fingerprint density at radius 2 is 1.88 bits per heavy atom. The largest absolute Gasteiger partial charge is 0.504 e. The molecule has 26 heavy (non-hydrogen) atoms. The van der Waals surface area contributed by atoms with Gasteiger partial charge in [-0.3, -0.25) is 9.69 Å². The Morgan fingerprint density at radius 1 is 1.15 bits per heavy atom. The second-order valence-corrected chi connectivity index (χ2v) is 6.93. The van der Waals surface area contributed by atoms with Gasteiger partial charge in [-0.05, 0) is 30.3 Å². The minimum Gasteiger partial charge on any atom is -0.504 e. The Morgan fingerprint density at radius 3 is 2.58 bits per heavy atom. The molecule has 0 bridgehead atoms. The van der Waals surface area contributed by atoms with Gasteiger partial charge in [0.1, 0.15) is 0 Å². The molecule has 3 rings (SSSR count). The number of benzene rings is 2. The molecule has 1 fully saturated rings. The monoisotopic (exact) mass is 394 g/mol. The Kier molecular flexibility index (Phi) is 5.91. The number of phenolic OH excluding ortho intramolecular Hbond substituents is 1. The van der Waals surface area contributed by atoms with Gasteiger partial charge in [0.25, 0.3) is 0 Å². The molecular weight excluding hydrogens is 375 g/mol. The maximum absolute atomic E-state index is 12.5. The summed E-state index contributed by atoms with van der Waals surface area (Å²) >= 11 is 12.4. The maximum Gasteiger partial charge on any atom is 0.176 e. The van der Waals surface area contributed by atoms with Gasteiger partial charge < -0.3 is 14.7 Å². The molecule has 0 aliphatic carbocycles. The number of piperazine rings is 1. The van der Waals surface area contributed by atoms with Crippen molar-refractivity contribution in [1.82, 2.24) is 4.90 Å². The van der Waals surface area contributed by atoms with Crippen LogP contribution >= 0.6 is 23.2 Å². The van der Waals surface area contributed by atoms with E-state index >= 15 is 0 Å². The lowest BCUT2D eigenvalue weighted by Gasteiger charge is -2.36. The summed E-state index contributed by atoms with van der Waals surface area (Å²) in [5, 5.41) is 10.8. The highest BCUT2D eigenvalue weighted by molar-refractivity contribution is 6.43. The first-order valence-electron chi connectivity index (χ1n) is 8.31. The van der Waals surface area contributed by atoms with Crippen LogP contribution in [-0.2, 0) is 0 Å². The summed E-state index contributed by atoms with van der Waals surface area (Å²) in [6, 6.07) is 10.3. The molecule has 0 radical (unpaired) electrons. The molecule has 0 unspecified atom stereocenters. The molecule has 2 aromatic rings.